The van der Waals surface area contributed by atoms with Crippen molar-refractivity contribution in [3.05, 3.63) is 29.3 Å². The zero-order chi connectivity index (χ0) is 15.3. The van der Waals surface area contributed by atoms with Gasteiger partial charge in [-0.15, -0.1) is 0 Å². The summed E-state index contributed by atoms with van der Waals surface area (Å²) in [5, 5.41) is 0. The SMILES string of the molecule is CCC(N)Cc1cc(F)c(OC(C)C(=O)OC)c(F)c1. The summed E-state index contributed by atoms with van der Waals surface area (Å²) < 4.78 is 37.1. The number of benzene rings is 1. The van der Waals surface area contributed by atoms with E-state index in [9.17, 15) is 13.6 Å². The van der Waals surface area contributed by atoms with Crippen LogP contribution in [0.5, 0.6) is 5.75 Å². The molecule has 0 fully saturated rings. The number of methoxy groups -OCH3 is 1. The Morgan fingerprint density at radius 1 is 1.35 bits per heavy atom. The van der Waals surface area contributed by atoms with Gasteiger partial charge in [-0.2, -0.15) is 0 Å². The zero-order valence-corrected chi connectivity index (χ0v) is 11.8. The van der Waals surface area contributed by atoms with E-state index in [1.54, 1.807) is 0 Å². The van der Waals surface area contributed by atoms with E-state index in [4.69, 9.17) is 10.5 Å². The Morgan fingerprint density at radius 3 is 2.35 bits per heavy atom. The predicted molar refractivity (Wildman–Crippen MR) is 70.4 cm³/mol. The quantitative estimate of drug-likeness (QED) is 0.815. The number of hydrogen-bond acceptors (Lipinski definition) is 4. The molecule has 0 amide bonds. The standard InChI is InChI=1S/C14H19F2NO3/c1-4-10(17)5-9-6-11(15)13(12(16)7-9)20-8(2)14(18)19-3/h6-8,10H,4-5,17H2,1-3H3. The highest BCUT2D eigenvalue weighted by atomic mass is 19.1. The van der Waals surface area contributed by atoms with Crippen LogP contribution in [-0.4, -0.2) is 25.2 Å². The number of nitrogens with two attached hydrogens (primary N) is 1. The van der Waals surface area contributed by atoms with E-state index in [0.717, 1.165) is 12.1 Å². The lowest BCUT2D eigenvalue weighted by atomic mass is 10.0. The Bertz CT molecular complexity index is 456. The van der Waals surface area contributed by atoms with E-state index in [-0.39, 0.29) is 6.04 Å². The van der Waals surface area contributed by atoms with Crippen LogP contribution in [0.15, 0.2) is 12.1 Å². The topological polar surface area (TPSA) is 61.5 Å². The molecule has 0 aliphatic rings. The van der Waals surface area contributed by atoms with Crippen LogP contribution in [0, 0.1) is 11.6 Å². The van der Waals surface area contributed by atoms with Gasteiger partial charge < -0.3 is 15.2 Å². The third-order valence-corrected chi connectivity index (χ3v) is 2.91. The zero-order valence-electron chi connectivity index (χ0n) is 11.8. The molecule has 0 aliphatic heterocycles. The lowest BCUT2D eigenvalue weighted by molar-refractivity contribution is -0.148. The first-order valence-electron chi connectivity index (χ1n) is 6.37. The van der Waals surface area contributed by atoms with Crippen molar-refractivity contribution in [3.8, 4) is 5.75 Å². The Balaban J connectivity index is 2.92. The van der Waals surface area contributed by atoms with Gasteiger partial charge in [-0.1, -0.05) is 6.92 Å². The van der Waals surface area contributed by atoms with E-state index in [2.05, 4.69) is 4.74 Å². The van der Waals surface area contributed by atoms with Gasteiger partial charge in [0.2, 0.25) is 0 Å². The van der Waals surface area contributed by atoms with Gasteiger partial charge in [0.1, 0.15) is 0 Å². The molecule has 0 radical (unpaired) electrons. The van der Waals surface area contributed by atoms with Crippen LogP contribution >= 0.6 is 0 Å². The normalized spacial score (nSPS) is 13.7. The smallest absolute Gasteiger partial charge is 0.346 e. The van der Waals surface area contributed by atoms with Gasteiger partial charge in [0, 0.05) is 6.04 Å². The molecule has 0 aromatic heterocycles. The fourth-order valence-corrected chi connectivity index (χ4v) is 1.68. The van der Waals surface area contributed by atoms with Crippen molar-refractivity contribution in [3.63, 3.8) is 0 Å². The molecule has 0 saturated carbocycles. The molecule has 20 heavy (non-hydrogen) atoms. The first kappa shape index (κ1) is 16.4. The minimum atomic E-state index is -1.09. The predicted octanol–water partition coefficient (Wildman–Crippen LogP) is 2.18. The number of hydrogen-bond donors (Lipinski definition) is 1. The summed E-state index contributed by atoms with van der Waals surface area (Å²) in [7, 11) is 1.17. The van der Waals surface area contributed by atoms with Crippen LogP contribution in [0.2, 0.25) is 0 Å². The number of carbonyl (C=O) groups excluding carboxylic acids is 1. The van der Waals surface area contributed by atoms with Crippen LogP contribution in [0.3, 0.4) is 0 Å². The average molecular weight is 287 g/mol. The van der Waals surface area contributed by atoms with Gasteiger partial charge in [0.15, 0.2) is 23.5 Å². The fourth-order valence-electron chi connectivity index (χ4n) is 1.68. The van der Waals surface area contributed by atoms with Crippen molar-refractivity contribution in [1.29, 1.82) is 0 Å². The summed E-state index contributed by atoms with van der Waals surface area (Å²) in [6.07, 6.45) is -0.00866. The molecule has 1 aromatic rings. The van der Waals surface area contributed by atoms with Crippen molar-refractivity contribution in [2.24, 2.45) is 5.73 Å². The molecule has 2 unspecified atom stereocenters. The van der Waals surface area contributed by atoms with Gasteiger partial charge >= 0.3 is 5.97 Å². The Morgan fingerprint density at radius 2 is 1.90 bits per heavy atom. The maximum Gasteiger partial charge on any atom is 0.346 e. The molecular formula is C14H19F2NO3. The number of carbonyl (C=O) groups is 1. The summed E-state index contributed by atoms with van der Waals surface area (Å²) in [6.45, 7) is 3.25. The van der Waals surface area contributed by atoms with Crippen molar-refractivity contribution < 1.29 is 23.0 Å². The second kappa shape index (κ2) is 7.19. The maximum atomic E-state index is 13.8. The largest absolute Gasteiger partial charge is 0.473 e. The summed E-state index contributed by atoms with van der Waals surface area (Å²) in [5.74, 6) is -3.02. The molecule has 2 atom stereocenters. The van der Waals surface area contributed by atoms with Gasteiger partial charge in [0.25, 0.3) is 0 Å². The molecule has 1 aromatic carbocycles. The van der Waals surface area contributed by atoms with Crippen molar-refractivity contribution >= 4 is 5.97 Å². The molecule has 0 spiro atoms. The second-order valence-electron chi connectivity index (χ2n) is 4.54. The highest BCUT2D eigenvalue weighted by Gasteiger charge is 2.21. The molecule has 4 nitrogen and oxygen atoms in total. The summed E-state index contributed by atoms with van der Waals surface area (Å²) in [6, 6.07) is 2.17. The molecule has 1 rings (SSSR count). The lowest BCUT2D eigenvalue weighted by Crippen LogP contribution is -2.26. The van der Waals surface area contributed by atoms with Crippen molar-refractivity contribution in [1.82, 2.24) is 0 Å². The van der Waals surface area contributed by atoms with Crippen LogP contribution in [0.1, 0.15) is 25.8 Å². The number of rotatable bonds is 6. The van der Waals surface area contributed by atoms with E-state index >= 15 is 0 Å². The van der Waals surface area contributed by atoms with Gasteiger partial charge in [-0.05, 0) is 37.5 Å². The molecule has 0 bridgehead atoms. The fraction of sp³-hybridized carbons (Fsp3) is 0.500. The van der Waals surface area contributed by atoms with Gasteiger partial charge in [-0.25, -0.2) is 13.6 Å². The average Bonchev–Trinajstić information content (AvgIpc) is 2.41. The highest BCUT2D eigenvalue weighted by Crippen LogP contribution is 2.25. The van der Waals surface area contributed by atoms with Crippen LogP contribution < -0.4 is 10.5 Å². The minimum Gasteiger partial charge on any atom is -0.473 e. The minimum absolute atomic E-state index is 0.158. The van der Waals surface area contributed by atoms with Crippen LogP contribution in [0.4, 0.5) is 8.78 Å². The van der Waals surface area contributed by atoms with Gasteiger partial charge in [0.05, 0.1) is 7.11 Å². The van der Waals surface area contributed by atoms with Crippen molar-refractivity contribution in [2.75, 3.05) is 7.11 Å². The highest BCUT2D eigenvalue weighted by molar-refractivity contribution is 5.74. The second-order valence-corrected chi connectivity index (χ2v) is 4.54. The first-order chi connectivity index (χ1) is 9.38. The maximum absolute atomic E-state index is 13.8. The monoisotopic (exact) mass is 287 g/mol. The third kappa shape index (κ3) is 4.16. The number of ether oxygens (including phenoxy) is 2. The number of halogens is 2. The summed E-state index contributed by atoms with van der Waals surface area (Å²) in [4.78, 5) is 11.2. The summed E-state index contributed by atoms with van der Waals surface area (Å²) in [5.41, 5.74) is 6.20. The Labute approximate surface area is 116 Å². The number of esters is 1. The Hall–Kier alpha value is -1.69. The van der Waals surface area contributed by atoms with E-state index < -0.39 is 29.5 Å². The first-order valence-corrected chi connectivity index (χ1v) is 6.37. The molecule has 6 heteroatoms. The molecular weight excluding hydrogens is 268 g/mol. The van der Waals surface area contributed by atoms with E-state index in [1.165, 1.54) is 14.0 Å². The molecule has 112 valence electrons. The van der Waals surface area contributed by atoms with Crippen LogP contribution in [-0.2, 0) is 16.0 Å². The van der Waals surface area contributed by atoms with Crippen LogP contribution in [0.25, 0.3) is 0 Å². The van der Waals surface area contributed by atoms with E-state index in [0.29, 0.717) is 18.4 Å². The lowest BCUT2D eigenvalue weighted by Gasteiger charge is -2.15. The summed E-state index contributed by atoms with van der Waals surface area (Å²) >= 11 is 0. The van der Waals surface area contributed by atoms with Gasteiger partial charge in [-0.3, -0.25) is 0 Å². The molecule has 0 aliphatic carbocycles. The van der Waals surface area contributed by atoms with Crippen molar-refractivity contribution in [2.45, 2.75) is 38.8 Å². The molecule has 2 N–H and O–H groups in total. The molecule has 0 saturated heterocycles. The van der Waals surface area contributed by atoms with E-state index in [1.807, 2.05) is 6.92 Å². The third-order valence-electron chi connectivity index (χ3n) is 2.91. The molecule has 0 heterocycles. The Kier molecular flexibility index (Phi) is 5.88.